The molecular weight excluding hydrogens is 323 g/mol. The van der Waals surface area contributed by atoms with Crippen LogP contribution in [0.4, 0.5) is 18.0 Å². The van der Waals surface area contributed by atoms with Gasteiger partial charge in [0, 0.05) is 31.7 Å². The lowest BCUT2D eigenvalue weighted by Gasteiger charge is -2.38. The number of likely N-dealkylation sites (tertiary alicyclic amines) is 1. The second kappa shape index (κ2) is 7.01. The number of ether oxygens (including phenoxy) is 1. The van der Waals surface area contributed by atoms with Gasteiger partial charge in [-0.2, -0.15) is 0 Å². The maximum atomic E-state index is 14.0. The molecule has 24 heavy (non-hydrogen) atoms. The number of aliphatic hydroxyl groups excluding tert-OH is 1. The molecule has 1 aromatic rings. The summed E-state index contributed by atoms with van der Waals surface area (Å²) in [4.78, 5) is 13.6. The Hall–Kier alpha value is -1.76. The van der Waals surface area contributed by atoms with Crippen molar-refractivity contribution < 1.29 is 27.8 Å². The number of rotatable bonds is 2. The fourth-order valence-electron chi connectivity index (χ4n) is 2.94. The van der Waals surface area contributed by atoms with Gasteiger partial charge in [-0.3, -0.25) is 0 Å². The predicted molar refractivity (Wildman–Crippen MR) is 82.1 cm³/mol. The fourth-order valence-corrected chi connectivity index (χ4v) is 2.94. The van der Waals surface area contributed by atoms with E-state index in [-0.39, 0.29) is 25.3 Å². The largest absolute Gasteiger partial charge is 0.444 e. The lowest BCUT2D eigenvalue weighted by atomic mass is 9.80. The molecule has 1 N–H and O–H groups in total. The summed E-state index contributed by atoms with van der Waals surface area (Å²) in [6, 6.07) is 1.35. The third kappa shape index (κ3) is 4.20. The molecule has 1 aliphatic heterocycles. The lowest BCUT2D eigenvalue weighted by molar-refractivity contribution is 0.00999. The van der Waals surface area contributed by atoms with Crippen molar-refractivity contribution in [1.82, 2.24) is 4.90 Å². The van der Waals surface area contributed by atoms with Crippen molar-refractivity contribution in [2.45, 2.75) is 38.7 Å². The Balaban J connectivity index is 2.16. The van der Waals surface area contributed by atoms with Gasteiger partial charge >= 0.3 is 6.09 Å². The van der Waals surface area contributed by atoms with Crippen molar-refractivity contribution >= 4 is 6.09 Å². The van der Waals surface area contributed by atoms with Crippen LogP contribution in [0.15, 0.2) is 12.1 Å². The maximum Gasteiger partial charge on any atom is 0.410 e. The minimum atomic E-state index is -1.25. The Labute approximate surface area is 139 Å². The number of carbonyl (C=O) groups excluding carboxylic acids is 1. The van der Waals surface area contributed by atoms with E-state index in [0.717, 1.165) is 6.07 Å². The van der Waals surface area contributed by atoms with Crippen molar-refractivity contribution in [3.63, 3.8) is 0 Å². The number of halogens is 3. The van der Waals surface area contributed by atoms with Gasteiger partial charge in [0.1, 0.15) is 11.4 Å². The molecule has 4 nitrogen and oxygen atoms in total. The van der Waals surface area contributed by atoms with E-state index in [2.05, 4.69) is 0 Å². The Morgan fingerprint density at radius 3 is 2.46 bits per heavy atom. The third-order valence-electron chi connectivity index (χ3n) is 4.06. The second-order valence-electron chi connectivity index (χ2n) is 7.05. The smallest absolute Gasteiger partial charge is 0.410 e. The van der Waals surface area contributed by atoms with Crippen molar-refractivity contribution in [3.05, 3.63) is 35.1 Å². The van der Waals surface area contributed by atoms with E-state index in [1.54, 1.807) is 20.8 Å². The van der Waals surface area contributed by atoms with Crippen LogP contribution in [0.25, 0.3) is 0 Å². The van der Waals surface area contributed by atoms with Gasteiger partial charge < -0.3 is 14.7 Å². The molecule has 1 amide bonds. The van der Waals surface area contributed by atoms with Gasteiger partial charge in [-0.25, -0.2) is 18.0 Å². The number of amides is 1. The fraction of sp³-hybridized carbons (Fsp3) is 0.588. The van der Waals surface area contributed by atoms with Crippen LogP contribution in [0.3, 0.4) is 0 Å². The molecule has 0 spiro atoms. The first kappa shape index (κ1) is 18.6. The van der Waals surface area contributed by atoms with Crippen molar-refractivity contribution in [1.29, 1.82) is 0 Å². The Morgan fingerprint density at radius 1 is 1.25 bits per heavy atom. The minimum Gasteiger partial charge on any atom is -0.444 e. The van der Waals surface area contributed by atoms with Crippen LogP contribution < -0.4 is 0 Å². The second-order valence-corrected chi connectivity index (χ2v) is 7.05. The molecule has 0 aromatic heterocycles. The van der Waals surface area contributed by atoms with Crippen molar-refractivity contribution in [2.24, 2.45) is 5.92 Å². The summed E-state index contributed by atoms with van der Waals surface area (Å²) in [6.07, 6.45) is -0.183. The topological polar surface area (TPSA) is 49.8 Å². The van der Waals surface area contributed by atoms with Crippen molar-refractivity contribution in [3.8, 4) is 0 Å². The molecule has 2 atom stereocenters. The Morgan fingerprint density at radius 2 is 1.88 bits per heavy atom. The summed E-state index contributed by atoms with van der Waals surface area (Å²) in [5.74, 6) is -4.20. The first-order valence-corrected chi connectivity index (χ1v) is 7.85. The Kier molecular flexibility index (Phi) is 5.42. The van der Waals surface area contributed by atoms with Gasteiger partial charge in [0.15, 0.2) is 11.6 Å². The maximum absolute atomic E-state index is 14.0. The van der Waals surface area contributed by atoms with Gasteiger partial charge in [0.2, 0.25) is 0 Å². The summed E-state index contributed by atoms with van der Waals surface area (Å²) < 4.78 is 45.8. The Bertz CT molecular complexity index is 616. The molecule has 1 aromatic carbocycles. The van der Waals surface area contributed by atoms with E-state index in [4.69, 9.17) is 4.74 Å². The van der Waals surface area contributed by atoms with Crippen LogP contribution in [-0.4, -0.2) is 41.4 Å². The summed E-state index contributed by atoms with van der Waals surface area (Å²) in [7, 11) is 0. The lowest BCUT2D eigenvalue weighted by Crippen LogP contribution is -2.46. The standard InChI is InChI=1S/C17H22F3NO3/c1-17(2,3)24-16(23)21-5-4-11(10(8-21)9-22)12-6-14(19)15(20)7-13(12)18/h6-7,10-11,22H,4-5,8-9H2,1-3H3/t10-,11?/m0/s1. The van der Waals surface area contributed by atoms with Crippen LogP contribution in [0, 0.1) is 23.4 Å². The minimum absolute atomic E-state index is 0.0248. The van der Waals surface area contributed by atoms with E-state index < -0.39 is 41.0 Å². The zero-order chi connectivity index (χ0) is 18.1. The summed E-state index contributed by atoms with van der Waals surface area (Å²) >= 11 is 0. The number of piperidine rings is 1. The summed E-state index contributed by atoms with van der Waals surface area (Å²) in [5, 5.41) is 9.60. The third-order valence-corrected chi connectivity index (χ3v) is 4.06. The van der Waals surface area contributed by atoms with Gasteiger partial charge in [-0.15, -0.1) is 0 Å². The molecule has 1 heterocycles. The predicted octanol–water partition coefficient (Wildman–Crippen LogP) is 3.44. The highest BCUT2D eigenvalue weighted by Gasteiger charge is 2.35. The molecular formula is C17H22F3NO3. The van der Waals surface area contributed by atoms with E-state index in [1.165, 1.54) is 4.90 Å². The van der Waals surface area contributed by atoms with Gasteiger partial charge in [0.05, 0.1) is 0 Å². The molecule has 0 radical (unpaired) electrons. The molecule has 134 valence electrons. The molecule has 1 aliphatic rings. The highest BCUT2D eigenvalue weighted by atomic mass is 19.2. The first-order valence-electron chi connectivity index (χ1n) is 7.85. The number of benzene rings is 1. The van der Waals surface area contributed by atoms with E-state index in [9.17, 15) is 23.1 Å². The molecule has 1 fully saturated rings. The van der Waals surface area contributed by atoms with E-state index in [1.807, 2.05) is 0 Å². The van der Waals surface area contributed by atoms with Crippen LogP contribution >= 0.6 is 0 Å². The van der Waals surface area contributed by atoms with Gasteiger partial charge in [-0.05, 0) is 44.7 Å². The molecule has 2 rings (SSSR count). The number of hydrogen-bond acceptors (Lipinski definition) is 3. The molecule has 1 saturated heterocycles. The van der Waals surface area contributed by atoms with Gasteiger partial charge in [-0.1, -0.05) is 0 Å². The highest BCUT2D eigenvalue weighted by Crippen LogP contribution is 2.35. The normalized spacial score (nSPS) is 21.7. The number of carbonyl (C=O) groups is 1. The number of nitrogens with zero attached hydrogens (tertiary/aromatic N) is 1. The molecule has 0 saturated carbocycles. The van der Waals surface area contributed by atoms with E-state index in [0.29, 0.717) is 12.5 Å². The summed E-state index contributed by atoms with van der Waals surface area (Å²) in [6.45, 7) is 5.39. The first-order chi connectivity index (χ1) is 11.1. The average Bonchev–Trinajstić information content (AvgIpc) is 2.48. The van der Waals surface area contributed by atoms with Crippen LogP contribution in [0.2, 0.25) is 0 Å². The quantitative estimate of drug-likeness (QED) is 0.836. The zero-order valence-electron chi connectivity index (χ0n) is 14.0. The SMILES string of the molecule is CC(C)(C)OC(=O)N1CCC(c2cc(F)c(F)cc2F)[C@H](CO)C1. The number of aliphatic hydroxyl groups is 1. The average molecular weight is 345 g/mol. The summed E-state index contributed by atoms with van der Waals surface area (Å²) in [5.41, 5.74) is -0.619. The monoisotopic (exact) mass is 345 g/mol. The molecule has 1 unspecified atom stereocenters. The van der Waals surface area contributed by atoms with Gasteiger partial charge in [0.25, 0.3) is 0 Å². The molecule has 0 bridgehead atoms. The number of hydrogen-bond donors (Lipinski definition) is 1. The van der Waals surface area contributed by atoms with Crippen LogP contribution in [-0.2, 0) is 4.74 Å². The zero-order valence-corrected chi connectivity index (χ0v) is 14.0. The molecule has 7 heteroatoms. The molecule has 0 aliphatic carbocycles. The highest BCUT2D eigenvalue weighted by molar-refractivity contribution is 5.68. The van der Waals surface area contributed by atoms with Crippen LogP contribution in [0.1, 0.15) is 38.7 Å². The van der Waals surface area contributed by atoms with Crippen LogP contribution in [0.5, 0.6) is 0 Å². The van der Waals surface area contributed by atoms with E-state index >= 15 is 0 Å². The van der Waals surface area contributed by atoms with Crippen molar-refractivity contribution in [2.75, 3.05) is 19.7 Å².